The number of rotatable bonds is 4. The van der Waals surface area contributed by atoms with Gasteiger partial charge in [0.15, 0.2) is 11.5 Å². The molecule has 0 aromatic carbocycles. The van der Waals surface area contributed by atoms with Crippen molar-refractivity contribution in [2.24, 2.45) is 0 Å². The minimum absolute atomic E-state index is 0.634. The zero-order chi connectivity index (χ0) is 13.1. The van der Waals surface area contributed by atoms with E-state index in [1.165, 1.54) is 11.9 Å². The quantitative estimate of drug-likeness (QED) is 0.743. The van der Waals surface area contributed by atoms with E-state index in [-0.39, 0.29) is 0 Å². The van der Waals surface area contributed by atoms with Gasteiger partial charge >= 0.3 is 0 Å². The number of nitrogens with zero attached hydrogens (tertiary/aromatic N) is 4. The first-order valence-corrected chi connectivity index (χ1v) is 6.19. The molecule has 3 heterocycles. The first kappa shape index (κ1) is 11.6. The van der Waals surface area contributed by atoms with Crippen molar-refractivity contribution in [3.63, 3.8) is 0 Å². The Hall–Kier alpha value is -2.50. The number of anilines is 1. The molecule has 0 saturated heterocycles. The van der Waals surface area contributed by atoms with Gasteiger partial charge in [-0.05, 0) is 18.1 Å². The van der Waals surface area contributed by atoms with Gasteiger partial charge in [-0.15, -0.1) is 0 Å². The van der Waals surface area contributed by atoms with Crippen LogP contribution >= 0.6 is 0 Å². The summed E-state index contributed by atoms with van der Waals surface area (Å²) < 4.78 is 0. The maximum Gasteiger partial charge on any atom is 0.182 e. The SMILES string of the molecule is CCc1cccnc1CNc1ncnc2nc[nH]c12. The molecule has 0 aliphatic carbocycles. The maximum atomic E-state index is 4.40. The van der Waals surface area contributed by atoms with Crippen LogP contribution < -0.4 is 5.32 Å². The van der Waals surface area contributed by atoms with Gasteiger partial charge < -0.3 is 10.3 Å². The number of fused-ring (bicyclic) bond motifs is 1. The third kappa shape index (κ3) is 2.24. The van der Waals surface area contributed by atoms with E-state index in [4.69, 9.17) is 0 Å². The molecule has 3 aromatic rings. The fraction of sp³-hybridized carbons (Fsp3) is 0.231. The molecule has 0 fully saturated rings. The van der Waals surface area contributed by atoms with Gasteiger partial charge in [0.05, 0.1) is 18.6 Å². The van der Waals surface area contributed by atoms with Gasteiger partial charge in [-0.2, -0.15) is 0 Å². The second-order valence-corrected chi connectivity index (χ2v) is 4.14. The zero-order valence-corrected chi connectivity index (χ0v) is 10.6. The lowest BCUT2D eigenvalue weighted by Gasteiger charge is -2.08. The average molecular weight is 254 g/mol. The molecule has 3 rings (SSSR count). The van der Waals surface area contributed by atoms with E-state index in [0.717, 1.165) is 23.4 Å². The van der Waals surface area contributed by atoms with Crippen LogP contribution in [0.5, 0.6) is 0 Å². The molecule has 96 valence electrons. The van der Waals surface area contributed by atoms with Gasteiger partial charge in [-0.25, -0.2) is 15.0 Å². The van der Waals surface area contributed by atoms with Crippen molar-refractivity contribution in [1.82, 2.24) is 24.9 Å². The predicted octanol–water partition coefficient (Wildman–Crippen LogP) is 1.92. The van der Waals surface area contributed by atoms with Crippen LogP contribution in [0.3, 0.4) is 0 Å². The number of nitrogens with one attached hydrogen (secondary N) is 2. The van der Waals surface area contributed by atoms with Crippen LogP contribution in [0.15, 0.2) is 31.0 Å². The van der Waals surface area contributed by atoms with Gasteiger partial charge in [0, 0.05) is 6.20 Å². The van der Waals surface area contributed by atoms with Crippen LogP contribution in [0, 0.1) is 0 Å². The maximum absolute atomic E-state index is 4.40. The molecule has 0 amide bonds. The van der Waals surface area contributed by atoms with Crippen molar-refractivity contribution in [3.8, 4) is 0 Å². The first-order valence-electron chi connectivity index (χ1n) is 6.19. The molecule has 0 unspecified atom stereocenters. The standard InChI is InChI=1S/C13H14N6/c1-2-9-4-3-5-14-10(9)6-15-12-11-13(17-7-16-11)19-8-18-12/h3-5,7-8H,2,6H2,1H3,(H2,15,16,17,18,19). The number of aryl methyl sites for hydroxylation is 1. The third-order valence-corrected chi connectivity index (χ3v) is 3.01. The summed E-state index contributed by atoms with van der Waals surface area (Å²) in [5.74, 6) is 0.746. The van der Waals surface area contributed by atoms with Gasteiger partial charge in [-0.1, -0.05) is 13.0 Å². The molecule has 6 nitrogen and oxygen atoms in total. The molecule has 0 radical (unpaired) electrons. The number of aromatic nitrogens is 5. The zero-order valence-electron chi connectivity index (χ0n) is 10.6. The Morgan fingerprint density at radius 2 is 2.16 bits per heavy atom. The van der Waals surface area contributed by atoms with Crippen molar-refractivity contribution in [2.45, 2.75) is 19.9 Å². The number of imidazole rings is 1. The summed E-state index contributed by atoms with van der Waals surface area (Å²) in [4.78, 5) is 19.9. The normalized spacial score (nSPS) is 10.8. The molecule has 0 saturated carbocycles. The van der Waals surface area contributed by atoms with E-state index in [0.29, 0.717) is 12.2 Å². The molecule has 0 atom stereocenters. The van der Waals surface area contributed by atoms with Crippen LogP contribution in [0.4, 0.5) is 5.82 Å². The largest absolute Gasteiger partial charge is 0.363 e. The fourth-order valence-corrected chi connectivity index (χ4v) is 2.02. The molecular weight excluding hydrogens is 240 g/mol. The highest BCUT2D eigenvalue weighted by molar-refractivity contribution is 5.81. The predicted molar refractivity (Wildman–Crippen MR) is 72.6 cm³/mol. The third-order valence-electron chi connectivity index (χ3n) is 3.01. The highest BCUT2D eigenvalue weighted by Gasteiger charge is 2.06. The van der Waals surface area contributed by atoms with E-state index >= 15 is 0 Å². The van der Waals surface area contributed by atoms with E-state index < -0.39 is 0 Å². The summed E-state index contributed by atoms with van der Waals surface area (Å²) in [6, 6.07) is 4.05. The number of hydrogen-bond donors (Lipinski definition) is 2. The Balaban J connectivity index is 1.84. The summed E-state index contributed by atoms with van der Waals surface area (Å²) in [7, 11) is 0. The number of H-pyrrole nitrogens is 1. The molecule has 0 aliphatic rings. The van der Waals surface area contributed by atoms with Gasteiger partial charge in [-0.3, -0.25) is 4.98 Å². The van der Waals surface area contributed by atoms with Gasteiger partial charge in [0.25, 0.3) is 0 Å². The fourth-order valence-electron chi connectivity index (χ4n) is 2.02. The lowest BCUT2D eigenvalue weighted by atomic mass is 10.1. The molecule has 0 spiro atoms. The molecule has 0 bridgehead atoms. The summed E-state index contributed by atoms with van der Waals surface area (Å²) in [5.41, 5.74) is 3.76. The Morgan fingerprint density at radius 3 is 3.05 bits per heavy atom. The molecule has 19 heavy (non-hydrogen) atoms. The van der Waals surface area contributed by atoms with Crippen molar-refractivity contribution in [2.75, 3.05) is 5.32 Å². The van der Waals surface area contributed by atoms with E-state index in [2.05, 4.69) is 43.2 Å². The van der Waals surface area contributed by atoms with Crippen molar-refractivity contribution >= 4 is 17.0 Å². The lowest BCUT2D eigenvalue weighted by molar-refractivity contribution is 0.964. The monoisotopic (exact) mass is 254 g/mol. The van der Waals surface area contributed by atoms with Crippen molar-refractivity contribution in [1.29, 1.82) is 0 Å². The van der Waals surface area contributed by atoms with E-state index in [1.54, 1.807) is 6.33 Å². The Kier molecular flexibility index (Phi) is 3.06. The molecule has 2 N–H and O–H groups in total. The summed E-state index contributed by atoms with van der Waals surface area (Å²) >= 11 is 0. The molecular formula is C13H14N6. The number of aromatic amines is 1. The van der Waals surface area contributed by atoms with Crippen LogP contribution in [0.25, 0.3) is 11.2 Å². The Morgan fingerprint density at radius 1 is 1.21 bits per heavy atom. The summed E-state index contributed by atoms with van der Waals surface area (Å²) in [5, 5.41) is 3.28. The van der Waals surface area contributed by atoms with Crippen molar-refractivity contribution in [3.05, 3.63) is 42.2 Å². The second kappa shape index (κ2) is 5.01. The molecule has 6 heteroatoms. The highest BCUT2D eigenvalue weighted by Crippen LogP contribution is 2.16. The van der Waals surface area contributed by atoms with E-state index in [1.807, 2.05) is 12.3 Å². The van der Waals surface area contributed by atoms with E-state index in [9.17, 15) is 0 Å². The van der Waals surface area contributed by atoms with Gasteiger partial charge in [0.1, 0.15) is 11.8 Å². The smallest absolute Gasteiger partial charge is 0.182 e. The van der Waals surface area contributed by atoms with Crippen LogP contribution in [-0.4, -0.2) is 24.9 Å². The minimum Gasteiger partial charge on any atom is -0.363 e. The highest BCUT2D eigenvalue weighted by atomic mass is 15.1. The minimum atomic E-state index is 0.634. The molecule has 0 aliphatic heterocycles. The van der Waals surface area contributed by atoms with Crippen LogP contribution in [-0.2, 0) is 13.0 Å². The molecule has 3 aromatic heterocycles. The summed E-state index contributed by atoms with van der Waals surface area (Å²) in [6.07, 6.45) is 5.89. The lowest BCUT2D eigenvalue weighted by Crippen LogP contribution is -2.06. The van der Waals surface area contributed by atoms with Crippen LogP contribution in [0.2, 0.25) is 0 Å². The second-order valence-electron chi connectivity index (χ2n) is 4.14. The first-order chi connectivity index (χ1) is 9.38. The topological polar surface area (TPSA) is 79.4 Å². The number of pyridine rings is 1. The number of hydrogen-bond acceptors (Lipinski definition) is 5. The Bertz CT molecular complexity index is 690. The van der Waals surface area contributed by atoms with Crippen LogP contribution in [0.1, 0.15) is 18.2 Å². The summed E-state index contributed by atoms with van der Waals surface area (Å²) in [6.45, 7) is 2.76. The van der Waals surface area contributed by atoms with Crippen molar-refractivity contribution < 1.29 is 0 Å². The van der Waals surface area contributed by atoms with Gasteiger partial charge in [0.2, 0.25) is 0 Å². The average Bonchev–Trinajstić information content (AvgIpc) is 2.94. The Labute approximate surface area is 110 Å².